The summed E-state index contributed by atoms with van der Waals surface area (Å²) in [7, 11) is 0. The molecule has 1 atom stereocenters. The number of rotatable bonds is 6. The standard InChI is InChI=1S/C16H18ClFN2O4/c1-3-11-14(15(21)23-4-2)12(20-16(22)19-11)8-24-13-6-5-9(18)7-10(13)17/h5-7,11H,3-4,8H2,1-2H3,(H2,19,20,22)/t11-/m1/s1. The highest BCUT2D eigenvalue weighted by Crippen LogP contribution is 2.26. The van der Waals surface area contributed by atoms with Crippen molar-refractivity contribution in [2.45, 2.75) is 26.3 Å². The zero-order valence-corrected chi connectivity index (χ0v) is 14.1. The number of esters is 1. The van der Waals surface area contributed by atoms with Crippen LogP contribution in [0.3, 0.4) is 0 Å². The van der Waals surface area contributed by atoms with Crippen molar-refractivity contribution in [3.8, 4) is 5.75 Å². The average Bonchev–Trinajstić information content (AvgIpc) is 2.53. The Hall–Kier alpha value is -2.28. The summed E-state index contributed by atoms with van der Waals surface area (Å²) in [5.41, 5.74) is 0.599. The van der Waals surface area contributed by atoms with E-state index in [0.29, 0.717) is 17.7 Å². The van der Waals surface area contributed by atoms with Gasteiger partial charge in [-0.1, -0.05) is 18.5 Å². The number of hydrogen-bond acceptors (Lipinski definition) is 4. The van der Waals surface area contributed by atoms with Gasteiger partial charge in [0.15, 0.2) is 0 Å². The van der Waals surface area contributed by atoms with Crippen molar-refractivity contribution in [3.63, 3.8) is 0 Å². The molecule has 0 saturated heterocycles. The summed E-state index contributed by atoms with van der Waals surface area (Å²) < 4.78 is 23.6. The molecule has 2 rings (SSSR count). The molecule has 1 aliphatic heterocycles. The van der Waals surface area contributed by atoms with Crippen LogP contribution in [0.25, 0.3) is 0 Å². The van der Waals surface area contributed by atoms with Crippen molar-refractivity contribution in [1.82, 2.24) is 10.6 Å². The second kappa shape index (κ2) is 8.01. The van der Waals surface area contributed by atoms with Crippen LogP contribution < -0.4 is 15.4 Å². The summed E-state index contributed by atoms with van der Waals surface area (Å²) in [6.07, 6.45) is 0.516. The van der Waals surface area contributed by atoms with Crippen LogP contribution in [0.1, 0.15) is 20.3 Å². The van der Waals surface area contributed by atoms with E-state index in [-0.39, 0.29) is 24.0 Å². The third-order valence-electron chi connectivity index (χ3n) is 3.41. The second-order valence-electron chi connectivity index (χ2n) is 5.04. The highest BCUT2D eigenvalue weighted by molar-refractivity contribution is 6.32. The number of benzene rings is 1. The summed E-state index contributed by atoms with van der Waals surface area (Å²) in [4.78, 5) is 24.0. The van der Waals surface area contributed by atoms with Gasteiger partial charge in [0, 0.05) is 0 Å². The lowest BCUT2D eigenvalue weighted by Crippen LogP contribution is -2.51. The van der Waals surface area contributed by atoms with Crippen molar-refractivity contribution in [2.75, 3.05) is 13.2 Å². The molecule has 0 radical (unpaired) electrons. The highest BCUT2D eigenvalue weighted by Gasteiger charge is 2.31. The Bertz CT molecular complexity index is 678. The summed E-state index contributed by atoms with van der Waals surface area (Å²) in [6, 6.07) is 2.80. The van der Waals surface area contributed by atoms with Crippen LogP contribution in [0.15, 0.2) is 29.5 Å². The molecule has 24 heavy (non-hydrogen) atoms. The minimum Gasteiger partial charge on any atom is -0.486 e. The van der Waals surface area contributed by atoms with Gasteiger partial charge in [0.2, 0.25) is 0 Å². The van der Waals surface area contributed by atoms with Gasteiger partial charge in [-0.05, 0) is 31.5 Å². The Morgan fingerprint density at radius 3 is 2.75 bits per heavy atom. The van der Waals surface area contributed by atoms with Crippen LogP contribution in [0, 0.1) is 5.82 Å². The Labute approximate surface area is 144 Å². The molecule has 0 spiro atoms. The van der Waals surface area contributed by atoms with E-state index in [0.717, 1.165) is 6.07 Å². The van der Waals surface area contributed by atoms with Crippen LogP contribution in [-0.2, 0) is 9.53 Å². The van der Waals surface area contributed by atoms with Crippen molar-refractivity contribution in [3.05, 3.63) is 40.3 Å². The van der Waals surface area contributed by atoms with Crippen LogP contribution >= 0.6 is 11.6 Å². The van der Waals surface area contributed by atoms with Crippen LogP contribution in [-0.4, -0.2) is 31.3 Å². The third-order valence-corrected chi connectivity index (χ3v) is 3.71. The van der Waals surface area contributed by atoms with E-state index in [1.165, 1.54) is 12.1 Å². The lowest BCUT2D eigenvalue weighted by Gasteiger charge is -2.28. The molecule has 0 unspecified atom stereocenters. The largest absolute Gasteiger partial charge is 0.486 e. The van der Waals surface area contributed by atoms with E-state index in [9.17, 15) is 14.0 Å². The number of halogens is 2. The molecule has 1 aromatic rings. The summed E-state index contributed by atoms with van der Waals surface area (Å²) in [5, 5.41) is 5.32. The number of urea groups is 1. The fourth-order valence-electron chi connectivity index (χ4n) is 2.32. The van der Waals surface area contributed by atoms with Gasteiger partial charge in [0.05, 0.1) is 28.9 Å². The van der Waals surface area contributed by atoms with Gasteiger partial charge < -0.3 is 20.1 Å². The highest BCUT2D eigenvalue weighted by atomic mass is 35.5. The molecule has 0 aromatic heterocycles. The number of amides is 2. The van der Waals surface area contributed by atoms with Gasteiger partial charge in [-0.2, -0.15) is 0 Å². The fourth-order valence-corrected chi connectivity index (χ4v) is 2.54. The van der Waals surface area contributed by atoms with E-state index >= 15 is 0 Å². The average molecular weight is 357 g/mol. The minimum atomic E-state index is -0.527. The number of ether oxygens (including phenoxy) is 2. The first-order valence-corrected chi connectivity index (χ1v) is 7.89. The van der Waals surface area contributed by atoms with Gasteiger partial charge >= 0.3 is 12.0 Å². The van der Waals surface area contributed by atoms with E-state index < -0.39 is 23.9 Å². The zero-order chi connectivity index (χ0) is 17.7. The van der Waals surface area contributed by atoms with Crippen LogP contribution in [0.2, 0.25) is 5.02 Å². The van der Waals surface area contributed by atoms with E-state index in [1.807, 2.05) is 6.92 Å². The maximum absolute atomic E-state index is 13.1. The summed E-state index contributed by atoms with van der Waals surface area (Å²) in [6.45, 7) is 3.64. The van der Waals surface area contributed by atoms with E-state index in [2.05, 4.69) is 10.6 Å². The monoisotopic (exact) mass is 356 g/mol. The van der Waals surface area contributed by atoms with Crippen LogP contribution in [0.4, 0.5) is 9.18 Å². The molecule has 1 aromatic carbocycles. The molecular formula is C16H18ClFN2O4. The third kappa shape index (κ3) is 4.17. The Morgan fingerprint density at radius 1 is 1.38 bits per heavy atom. The number of carbonyl (C=O) groups is 2. The topological polar surface area (TPSA) is 76.7 Å². The van der Waals surface area contributed by atoms with Gasteiger partial charge in [-0.3, -0.25) is 0 Å². The first-order chi connectivity index (χ1) is 11.5. The molecule has 0 saturated carbocycles. The molecule has 6 nitrogen and oxygen atoms in total. The predicted octanol–water partition coefficient (Wildman–Crippen LogP) is 2.77. The Kier molecular flexibility index (Phi) is 6.03. The smallest absolute Gasteiger partial charge is 0.338 e. The number of hydrogen-bond donors (Lipinski definition) is 2. The molecule has 2 N–H and O–H groups in total. The molecule has 8 heteroatoms. The van der Waals surface area contributed by atoms with Crippen molar-refractivity contribution in [1.29, 1.82) is 0 Å². The van der Waals surface area contributed by atoms with Crippen molar-refractivity contribution in [2.24, 2.45) is 0 Å². The van der Waals surface area contributed by atoms with Crippen molar-refractivity contribution >= 4 is 23.6 Å². The maximum Gasteiger partial charge on any atom is 0.338 e. The molecule has 130 valence electrons. The quantitative estimate of drug-likeness (QED) is 0.768. The fraction of sp³-hybridized carbons (Fsp3) is 0.375. The Balaban J connectivity index is 2.26. The molecule has 1 heterocycles. The molecule has 1 aliphatic rings. The van der Waals surface area contributed by atoms with E-state index in [4.69, 9.17) is 21.1 Å². The van der Waals surface area contributed by atoms with Crippen LogP contribution in [0.5, 0.6) is 5.75 Å². The second-order valence-corrected chi connectivity index (χ2v) is 5.44. The molecule has 0 bridgehead atoms. The molecule has 2 amide bonds. The normalized spacial score (nSPS) is 17.2. The van der Waals surface area contributed by atoms with Gasteiger partial charge in [0.1, 0.15) is 18.2 Å². The lowest BCUT2D eigenvalue weighted by molar-refractivity contribution is -0.139. The number of carbonyl (C=O) groups excluding carboxylic acids is 2. The van der Waals surface area contributed by atoms with E-state index in [1.54, 1.807) is 6.92 Å². The summed E-state index contributed by atoms with van der Waals surface area (Å²) >= 11 is 5.91. The zero-order valence-electron chi connectivity index (χ0n) is 13.3. The maximum atomic E-state index is 13.1. The molecule has 0 aliphatic carbocycles. The minimum absolute atomic E-state index is 0.0978. The van der Waals surface area contributed by atoms with Crippen molar-refractivity contribution < 1.29 is 23.5 Å². The van der Waals surface area contributed by atoms with Gasteiger partial charge in [-0.15, -0.1) is 0 Å². The van der Waals surface area contributed by atoms with Gasteiger partial charge in [0.25, 0.3) is 0 Å². The Morgan fingerprint density at radius 2 is 2.12 bits per heavy atom. The number of nitrogens with one attached hydrogen (secondary N) is 2. The SMILES string of the molecule is CCOC(=O)C1=C(COc2ccc(F)cc2Cl)NC(=O)N[C@@H]1CC. The predicted molar refractivity (Wildman–Crippen MR) is 86.3 cm³/mol. The van der Waals surface area contributed by atoms with Gasteiger partial charge in [-0.25, -0.2) is 14.0 Å². The molecule has 0 fully saturated rings. The first-order valence-electron chi connectivity index (χ1n) is 7.51. The summed E-state index contributed by atoms with van der Waals surface area (Å²) in [5.74, 6) is -0.768. The first kappa shape index (κ1) is 18.1. The molecular weight excluding hydrogens is 339 g/mol. The lowest BCUT2D eigenvalue weighted by atomic mass is 10.0.